The van der Waals surface area contributed by atoms with Crippen molar-refractivity contribution in [2.45, 2.75) is 48.6 Å². The van der Waals surface area contributed by atoms with Gasteiger partial charge in [-0.1, -0.05) is 12.2 Å². The molecule has 286 valence electrons. The average Bonchev–Trinajstić information content (AvgIpc) is 3.92. The number of hydrogen-bond acceptors (Lipinski definition) is 19. The van der Waals surface area contributed by atoms with Gasteiger partial charge in [0.2, 0.25) is 5.95 Å². The van der Waals surface area contributed by atoms with Gasteiger partial charge in [-0.15, -0.1) is 0 Å². The smallest absolute Gasteiger partial charge is 0.414 e. The van der Waals surface area contributed by atoms with Gasteiger partial charge < -0.3 is 39.4 Å². The number of aromatic nitrogens is 8. The Labute approximate surface area is 306 Å². The summed E-state index contributed by atoms with van der Waals surface area (Å²) in [6, 6.07) is 0. The number of fused-ring (bicyclic) bond motifs is 4. The molecule has 4 aliphatic rings. The maximum atomic E-state index is 16.2. The van der Waals surface area contributed by atoms with E-state index in [-0.39, 0.29) is 36.1 Å². The minimum Gasteiger partial charge on any atom is -0.448 e. The van der Waals surface area contributed by atoms with Gasteiger partial charge >= 0.3 is 19.6 Å². The third-order valence-electron chi connectivity index (χ3n) is 8.79. The minimum absolute atomic E-state index is 0.0243. The highest BCUT2D eigenvalue weighted by Gasteiger charge is 2.65. The number of nitrogens with one attached hydrogen (secondary N) is 3. The number of rotatable bonds is 6. The highest BCUT2D eigenvalue weighted by atomic mass is 32.7. The van der Waals surface area contributed by atoms with Crippen molar-refractivity contribution in [1.29, 1.82) is 0 Å². The highest BCUT2D eigenvalue weighted by Crippen LogP contribution is 2.61. The van der Waals surface area contributed by atoms with Crippen LogP contribution in [0.2, 0.25) is 0 Å². The molecule has 53 heavy (non-hydrogen) atoms. The molecule has 0 saturated carbocycles. The fourth-order valence-electron chi connectivity index (χ4n) is 6.36. The number of likely N-dealkylation sites (N-methyl/N-ethyl adjacent to an activating group) is 1. The van der Waals surface area contributed by atoms with E-state index in [0.717, 1.165) is 10.9 Å². The predicted octanol–water partition coefficient (Wildman–Crippen LogP) is 0.283. The normalized spacial score (nSPS) is 35.8. The molecule has 0 aliphatic carbocycles. The first-order valence-corrected chi connectivity index (χ1v) is 21.0. The van der Waals surface area contributed by atoms with Crippen LogP contribution >= 0.6 is 25.8 Å². The SMILES string of the molecule is CNCCOC(=O)Nc1nc2c(ncn2[C@@H]2OC3COP(O)(=S)O[C@H]4[C@H]5OC[C@]4(COP(=O)(S)O[C@@H]2[C@@H]3F)O[C@H]5n2cnc3c(N)ncnc32)c(=O)[nH]1. The summed E-state index contributed by atoms with van der Waals surface area (Å²) in [6.45, 7) is -9.80. The van der Waals surface area contributed by atoms with Gasteiger partial charge in [-0.05, 0) is 18.9 Å². The zero-order chi connectivity index (χ0) is 37.3. The highest BCUT2D eigenvalue weighted by molar-refractivity contribution is 8.44. The van der Waals surface area contributed by atoms with Crippen LogP contribution in [0.15, 0.2) is 23.8 Å². The van der Waals surface area contributed by atoms with Gasteiger partial charge in [0.15, 0.2) is 41.3 Å². The Morgan fingerprint density at radius 2 is 1.94 bits per heavy atom. The summed E-state index contributed by atoms with van der Waals surface area (Å²) in [5, 5.41) is 5.11. The maximum Gasteiger partial charge on any atom is 0.414 e. The molecule has 4 aliphatic heterocycles. The van der Waals surface area contributed by atoms with E-state index in [4.69, 9.17) is 54.6 Å². The van der Waals surface area contributed by atoms with Crippen LogP contribution in [-0.2, 0) is 53.4 Å². The van der Waals surface area contributed by atoms with Crippen molar-refractivity contribution in [3.63, 3.8) is 0 Å². The molecule has 0 radical (unpaired) electrons. The van der Waals surface area contributed by atoms with E-state index in [2.05, 4.69) is 52.8 Å². The van der Waals surface area contributed by atoms with Crippen LogP contribution in [0.4, 0.5) is 21.0 Å². The van der Waals surface area contributed by atoms with Crippen LogP contribution in [0.3, 0.4) is 0 Å². The third-order valence-corrected chi connectivity index (χ3v) is 11.9. The van der Waals surface area contributed by atoms with Gasteiger partial charge in [0.25, 0.3) is 5.56 Å². The molecule has 4 aromatic heterocycles. The van der Waals surface area contributed by atoms with Crippen molar-refractivity contribution in [2.24, 2.45) is 0 Å². The number of nitrogens with zero attached hydrogens (tertiary/aromatic N) is 7. The number of anilines is 2. The summed E-state index contributed by atoms with van der Waals surface area (Å²) in [6.07, 6.45) is -7.20. The van der Waals surface area contributed by atoms with Gasteiger partial charge in [0, 0.05) is 6.54 Å². The second-order valence-electron chi connectivity index (χ2n) is 12.1. The first-order valence-electron chi connectivity index (χ1n) is 15.7. The summed E-state index contributed by atoms with van der Waals surface area (Å²) in [7, 11) is 1.67. The fraction of sp³-hybridized carbons (Fsp3) is 0.560. The third kappa shape index (κ3) is 6.74. The lowest BCUT2D eigenvalue weighted by Crippen LogP contribution is -2.45. The molecule has 6 N–H and O–H groups in total. The number of halogens is 1. The lowest BCUT2D eigenvalue weighted by molar-refractivity contribution is -0.182. The molecule has 0 spiro atoms. The Balaban J connectivity index is 1.09. The number of thiol groups is 1. The van der Waals surface area contributed by atoms with Crippen LogP contribution in [-0.4, -0.2) is 126 Å². The van der Waals surface area contributed by atoms with Crippen LogP contribution in [0.1, 0.15) is 12.5 Å². The number of carbonyl (C=O) groups excluding carboxylic acids is 1. The lowest BCUT2D eigenvalue weighted by atomic mass is 10.0. The van der Waals surface area contributed by atoms with Crippen LogP contribution in [0.25, 0.3) is 22.3 Å². The van der Waals surface area contributed by atoms with E-state index in [0.29, 0.717) is 17.7 Å². The Bertz CT molecular complexity index is 2230. The Kier molecular flexibility index (Phi) is 9.57. The number of imidazole rings is 2. The number of aromatic amines is 1. The number of amides is 1. The molecule has 0 aromatic carbocycles. The largest absolute Gasteiger partial charge is 0.448 e. The van der Waals surface area contributed by atoms with Crippen molar-refractivity contribution in [1.82, 2.24) is 44.4 Å². The van der Waals surface area contributed by atoms with Crippen molar-refractivity contribution < 1.29 is 55.7 Å². The minimum atomic E-state index is -4.53. The fourth-order valence-corrected chi connectivity index (χ4v) is 9.29. The molecule has 4 bridgehead atoms. The molecule has 10 atom stereocenters. The van der Waals surface area contributed by atoms with Crippen molar-refractivity contribution >= 4 is 77.8 Å². The first kappa shape index (κ1) is 36.7. The molecule has 28 heteroatoms. The Morgan fingerprint density at radius 3 is 2.74 bits per heavy atom. The summed E-state index contributed by atoms with van der Waals surface area (Å²) < 4.78 is 79.1. The molecule has 8 rings (SSSR count). The first-order chi connectivity index (χ1) is 25.3. The molecule has 23 nitrogen and oxygen atoms in total. The van der Waals surface area contributed by atoms with Crippen LogP contribution in [0.5, 0.6) is 0 Å². The summed E-state index contributed by atoms with van der Waals surface area (Å²) in [5.74, 6) is -0.203. The second-order valence-corrected chi connectivity index (χ2v) is 17.8. The monoisotopic (exact) mass is 821 g/mol. The summed E-state index contributed by atoms with van der Waals surface area (Å²) in [4.78, 5) is 59.5. The topological polar surface area (TPSA) is 285 Å². The predicted molar refractivity (Wildman–Crippen MR) is 183 cm³/mol. The molecular weight excluding hydrogens is 791 g/mol. The molecule has 1 amide bonds. The van der Waals surface area contributed by atoms with E-state index < -0.39 is 87.0 Å². The Hall–Kier alpha value is -3.23. The van der Waals surface area contributed by atoms with E-state index in [1.807, 2.05) is 0 Å². The number of H-pyrrole nitrogens is 1. The van der Waals surface area contributed by atoms with Gasteiger partial charge in [0.1, 0.15) is 48.5 Å². The molecule has 4 saturated heterocycles. The van der Waals surface area contributed by atoms with Gasteiger partial charge in [-0.3, -0.25) is 37.8 Å². The van der Waals surface area contributed by atoms with Gasteiger partial charge in [0.05, 0.1) is 32.5 Å². The number of ether oxygens (including phenoxy) is 4. The molecule has 3 unspecified atom stereocenters. The number of alkyl halides is 1. The molecular formula is C25H30FN11O12P2S2. The van der Waals surface area contributed by atoms with Crippen molar-refractivity contribution in [3.05, 3.63) is 29.3 Å². The standard InChI is InChI=1S/C25H30FN11O12P2S2/c1-28-2-3-42-24(39)35-23-33-19-13(20(38)34-23)32-9-37(19)21-14-11(26)10(46-21)4-44-50(40,52)49-16-15-22(36-8-31-12-17(27)29-7-30-18(12)36)47-25(16,5-43-15)6-45-51(41,53)48-14/h7-11,14-16,21-22,28H,2-6H2,1H3,(H,40,52)(H,41,53)(H2,27,29,30)(H2,33,34,35,38,39)/t10?,11-,14-,15-,16+,21-,22-,25-,50?,51?/m1/s1. The Morgan fingerprint density at radius 1 is 1.17 bits per heavy atom. The second kappa shape index (κ2) is 13.8. The average molecular weight is 822 g/mol. The van der Waals surface area contributed by atoms with E-state index in [1.165, 1.54) is 17.2 Å². The zero-order valence-corrected chi connectivity index (χ0v) is 30.6. The summed E-state index contributed by atoms with van der Waals surface area (Å²) >= 11 is 9.48. The van der Waals surface area contributed by atoms with Gasteiger partial charge in [-0.25, -0.2) is 33.7 Å². The zero-order valence-electron chi connectivity index (χ0n) is 27.1. The molecule has 4 aromatic rings. The molecule has 8 heterocycles. The van der Waals surface area contributed by atoms with Crippen LogP contribution in [0, 0.1) is 0 Å². The lowest BCUT2D eigenvalue weighted by Gasteiger charge is -2.33. The van der Waals surface area contributed by atoms with Crippen LogP contribution < -0.4 is 21.9 Å². The van der Waals surface area contributed by atoms with Crippen molar-refractivity contribution in [2.75, 3.05) is 51.1 Å². The molecule has 4 fully saturated rings. The summed E-state index contributed by atoms with van der Waals surface area (Å²) in [5.41, 5.74) is 3.80. The number of nitrogen functional groups attached to an aromatic ring is 1. The van der Waals surface area contributed by atoms with E-state index in [1.54, 1.807) is 7.05 Å². The van der Waals surface area contributed by atoms with Crippen molar-refractivity contribution in [3.8, 4) is 0 Å². The maximum absolute atomic E-state index is 16.2. The number of hydrogen-bond donors (Lipinski definition) is 6. The van der Waals surface area contributed by atoms with E-state index in [9.17, 15) is 19.0 Å². The number of carbonyl (C=O) groups is 1. The quantitative estimate of drug-likeness (QED) is 0.0865. The van der Waals surface area contributed by atoms with E-state index >= 15 is 4.39 Å². The van der Waals surface area contributed by atoms with Gasteiger partial charge in [-0.2, -0.15) is 4.98 Å². The number of nitrogens with two attached hydrogens (primary N) is 1.